The Kier molecular flexibility index (Phi) is 8.12. The van der Waals surface area contributed by atoms with E-state index in [-0.39, 0.29) is 30.3 Å². The summed E-state index contributed by atoms with van der Waals surface area (Å²) in [6, 6.07) is 7.42. The van der Waals surface area contributed by atoms with Gasteiger partial charge in [-0.05, 0) is 36.3 Å². The number of hydrogen-bond donors (Lipinski definition) is 3. The largest absolute Gasteiger partial charge is 0.348 e. The maximum absolute atomic E-state index is 11.9. The molecule has 1 aromatic carbocycles. The highest BCUT2D eigenvalue weighted by molar-refractivity contribution is 7.99. The van der Waals surface area contributed by atoms with E-state index in [0.717, 1.165) is 11.3 Å². The zero-order chi connectivity index (χ0) is 17.4. The molecule has 2 atom stereocenters. The van der Waals surface area contributed by atoms with Crippen LogP contribution in [0.1, 0.15) is 39.3 Å². The van der Waals surface area contributed by atoms with Crippen LogP contribution in [0, 0.1) is 5.92 Å². The molecule has 1 unspecified atom stereocenters. The molecular weight excluding hydrogens is 310 g/mol. The van der Waals surface area contributed by atoms with Crippen molar-refractivity contribution in [3.63, 3.8) is 0 Å². The Bertz CT molecular complexity index is 517. The van der Waals surface area contributed by atoms with Gasteiger partial charge in [-0.3, -0.25) is 9.59 Å². The van der Waals surface area contributed by atoms with Crippen LogP contribution in [0.15, 0.2) is 29.2 Å². The van der Waals surface area contributed by atoms with E-state index in [1.54, 1.807) is 11.8 Å². The molecule has 0 heterocycles. The molecule has 5 nitrogen and oxygen atoms in total. The molecule has 6 heteroatoms. The topological polar surface area (TPSA) is 84.2 Å². The van der Waals surface area contributed by atoms with Crippen LogP contribution in [0.5, 0.6) is 0 Å². The normalized spacial score (nSPS) is 13.5. The summed E-state index contributed by atoms with van der Waals surface area (Å²) in [6.07, 6.45) is 0. The number of thioether (sulfide) groups is 1. The van der Waals surface area contributed by atoms with Gasteiger partial charge in [0.2, 0.25) is 11.8 Å². The number of amides is 2. The molecule has 23 heavy (non-hydrogen) atoms. The van der Waals surface area contributed by atoms with Crippen LogP contribution in [-0.2, 0) is 9.59 Å². The molecular formula is C17H27N3O2S. The van der Waals surface area contributed by atoms with Gasteiger partial charge in [-0.15, -0.1) is 11.8 Å². The standard InChI is InChI=1S/C17H27N3O2S/c1-5-23-14-8-6-13(7-9-14)12(4)20-15(21)10-19-17(22)16(18)11(2)3/h6-9,11-12,16H,5,10,18H2,1-4H3,(H,19,22)(H,20,21)/t12?,16-/m0/s1. The SMILES string of the molecule is CCSc1ccc(C(C)NC(=O)CNC(=O)[C@@H](N)C(C)C)cc1. The van der Waals surface area contributed by atoms with Crippen LogP contribution in [0.3, 0.4) is 0 Å². The van der Waals surface area contributed by atoms with Gasteiger partial charge in [0.05, 0.1) is 18.6 Å². The van der Waals surface area contributed by atoms with E-state index in [2.05, 4.69) is 29.7 Å². The van der Waals surface area contributed by atoms with Crippen molar-refractivity contribution in [1.29, 1.82) is 0 Å². The van der Waals surface area contributed by atoms with Gasteiger partial charge in [0, 0.05) is 4.90 Å². The first kappa shape index (κ1) is 19.5. The third-order valence-electron chi connectivity index (χ3n) is 3.51. The van der Waals surface area contributed by atoms with Gasteiger partial charge in [-0.25, -0.2) is 0 Å². The second-order valence-electron chi connectivity index (χ2n) is 5.78. The fraction of sp³-hybridized carbons (Fsp3) is 0.529. The zero-order valence-corrected chi connectivity index (χ0v) is 15.1. The fourth-order valence-electron chi connectivity index (χ4n) is 1.98. The minimum atomic E-state index is -0.594. The number of hydrogen-bond acceptors (Lipinski definition) is 4. The number of nitrogens with one attached hydrogen (secondary N) is 2. The van der Waals surface area contributed by atoms with E-state index in [9.17, 15) is 9.59 Å². The minimum absolute atomic E-state index is 0.0384. The van der Waals surface area contributed by atoms with Crippen molar-refractivity contribution >= 4 is 23.6 Å². The molecule has 1 aromatic rings. The summed E-state index contributed by atoms with van der Waals surface area (Å²) < 4.78 is 0. The zero-order valence-electron chi connectivity index (χ0n) is 14.3. The summed E-state index contributed by atoms with van der Waals surface area (Å²) >= 11 is 1.78. The van der Waals surface area contributed by atoms with Crippen molar-refractivity contribution in [3.8, 4) is 0 Å². The molecule has 0 saturated heterocycles. The summed E-state index contributed by atoms with van der Waals surface area (Å²) in [5.41, 5.74) is 6.76. The Labute approximate surface area is 142 Å². The van der Waals surface area contributed by atoms with E-state index in [1.807, 2.05) is 32.9 Å². The molecule has 0 bridgehead atoms. The van der Waals surface area contributed by atoms with E-state index in [1.165, 1.54) is 4.90 Å². The second kappa shape index (κ2) is 9.57. The summed E-state index contributed by atoms with van der Waals surface area (Å²) in [6.45, 7) is 7.70. The third-order valence-corrected chi connectivity index (χ3v) is 4.41. The van der Waals surface area contributed by atoms with Gasteiger partial charge in [0.25, 0.3) is 0 Å². The van der Waals surface area contributed by atoms with Crippen molar-refractivity contribution in [2.45, 2.75) is 44.7 Å². The molecule has 128 valence electrons. The average molecular weight is 337 g/mol. The number of nitrogens with two attached hydrogens (primary N) is 1. The van der Waals surface area contributed by atoms with Gasteiger partial charge in [-0.2, -0.15) is 0 Å². The van der Waals surface area contributed by atoms with Crippen LogP contribution in [0.25, 0.3) is 0 Å². The van der Waals surface area contributed by atoms with E-state index in [0.29, 0.717) is 0 Å². The van der Waals surface area contributed by atoms with Crippen molar-refractivity contribution in [2.75, 3.05) is 12.3 Å². The monoisotopic (exact) mass is 337 g/mol. The highest BCUT2D eigenvalue weighted by Gasteiger charge is 2.18. The first-order valence-electron chi connectivity index (χ1n) is 7.90. The molecule has 0 fully saturated rings. The molecule has 0 radical (unpaired) electrons. The smallest absolute Gasteiger partial charge is 0.239 e. The Morgan fingerprint density at radius 2 is 1.78 bits per heavy atom. The molecule has 0 aromatic heterocycles. The lowest BCUT2D eigenvalue weighted by molar-refractivity contribution is -0.127. The van der Waals surface area contributed by atoms with Crippen LogP contribution in [0.2, 0.25) is 0 Å². The van der Waals surface area contributed by atoms with E-state index in [4.69, 9.17) is 5.73 Å². The predicted octanol–water partition coefficient (Wildman–Crippen LogP) is 2.08. The van der Waals surface area contributed by atoms with Crippen molar-refractivity contribution in [3.05, 3.63) is 29.8 Å². The summed E-state index contributed by atoms with van der Waals surface area (Å²) in [4.78, 5) is 24.9. The average Bonchev–Trinajstić information content (AvgIpc) is 2.52. The van der Waals surface area contributed by atoms with Gasteiger partial charge in [0.15, 0.2) is 0 Å². The lowest BCUT2D eigenvalue weighted by atomic mass is 10.1. The molecule has 4 N–H and O–H groups in total. The van der Waals surface area contributed by atoms with Gasteiger partial charge < -0.3 is 16.4 Å². The van der Waals surface area contributed by atoms with Crippen LogP contribution in [-0.4, -0.2) is 30.2 Å². The Hall–Kier alpha value is -1.53. The van der Waals surface area contributed by atoms with Crippen LogP contribution >= 0.6 is 11.8 Å². The van der Waals surface area contributed by atoms with E-state index >= 15 is 0 Å². The number of benzene rings is 1. The number of carbonyl (C=O) groups is 2. The number of rotatable bonds is 8. The highest BCUT2D eigenvalue weighted by atomic mass is 32.2. The van der Waals surface area contributed by atoms with Crippen LogP contribution in [0.4, 0.5) is 0 Å². The quantitative estimate of drug-likeness (QED) is 0.634. The Balaban J connectivity index is 2.45. The molecule has 0 spiro atoms. The first-order chi connectivity index (χ1) is 10.8. The molecule has 0 saturated carbocycles. The minimum Gasteiger partial charge on any atom is -0.348 e. The Morgan fingerprint density at radius 1 is 1.17 bits per heavy atom. The maximum atomic E-state index is 11.9. The maximum Gasteiger partial charge on any atom is 0.239 e. The van der Waals surface area contributed by atoms with Crippen molar-refractivity contribution in [1.82, 2.24) is 10.6 Å². The molecule has 0 aliphatic heterocycles. The van der Waals surface area contributed by atoms with Gasteiger partial charge in [-0.1, -0.05) is 32.9 Å². The molecule has 1 rings (SSSR count). The summed E-state index contributed by atoms with van der Waals surface area (Å²) in [5.74, 6) is 0.540. The Morgan fingerprint density at radius 3 is 2.30 bits per heavy atom. The highest BCUT2D eigenvalue weighted by Crippen LogP contribution is 2.20. The van der Waals surface area contributed by atoms with Gasteiger partial charge >= 0.3 is 0 Å². The molecule has 0 aliphatic carbocycles. The summed E-state index contributed by atoms with van der Waals surface area (Å²) in [5, 5.41) is 5.44. The van der Waals surface area contributed by atoms with Crippen molar-refractivity contribution < 1.29 is 9.59 Å². The van der Waals surface area contributed by atoms with Gasteiger partial charge in [0.1, 0.15) is 0 Å². The first-order valence-corrected chi connectivity index (χ1v) is 8.89. The second-order valence-corrected chi connectivity index (χ2v) is 7.12. The number of carbonyl (C=O) groups excluding carboxylic acids is 2. The lowest BCUT2D eigenvalue weighted by Gasteiger charge is -2.17. The van der Waals surface area contributed by atoms with Crippen molar-refractivity contribution in [2.24, 2.45) is 11.7 Å². The summed E-state index contributed by atoms with van der Waals surface area (Å²) in [7, 11) is 0. The molecule has 0 aliphatic rings. The van der Waals surface area contributed by atoms with E-state index < -0.39 is 6.04 Å². The fourth-order valence-corrected chi connectivity index (χ4v) is 2.65. The third kappa shape index (κ3) is 6.62. The molecule has 2 amide bonds. The predicted molar refractivity (Wildman–Crippen MR) is 95.2 cm³/mol. The van der Waals surface area contributed by atoms with Crippen LogP contribution < -0.4 is 16.4 Å². The lowest BCUT2D eigenvalue weighted by Crippen LogP contribution is -2.47.